The molecule has 1 aliphatic rings. The van der Waals surface area contributed by atoms with Crippen molar-refractivity contribution in [3.8, 4) is 0 Å². The minimum Gasteiger partial charge on any atom is -0.331 e. The highest BCUT2D eigenvalue weighted by molar-refractivity contribution is 7.15. The Kier molecular flexibility index (Phi) is 3.88. The lowest BCUT2D eigenvalue weighted by atomic mass is 10.1. The largest absolute Gasteiger partial charge is 0.331 e. The van der Waals surface area contributed by atoms with E-state index in [1.54, 1.807) is 18.3 Å². The van der Waals surface area contributed by atoms with E-state index in [4.69, 9.17) is 0 Å². The van der Waals surface area contributed by atoms with Crippen molar-refractivity contribution < 1.29 is 9.18 Å². The second-order valence-corrected chi connectivity index (χ2v) is 6.13. The number of carbonyl (C=O) groups is 1. The van der Waals surface area contributed by atoms with Crippen LogP contribution in [0.25, 0.3) is 0 Å². The lowest BCUT2D eigenvalue weighted by Crippen LogP contribution is -2.31. The molecule has 0 bridgehead atoms. The second kappa shape index (κ2) is 5.81. The van der Waals surface area contributed by atoms with Gasteiger partial charge in [-0.3, -0.25) is 5.32 Å². The summed E-state index contributed by atoms with van der Waals surface area (Å²) < 4.78 is 13.2. The zero-order chi connectivity index (χ0) is 14.8. The third-order valence-electron chi connectivity index (χ3n) is 3.61. The number of rotatable bonds is 3. The number of aryl methyl sites for hydroxylation is 2. The van der Waals surface area contributed by atoms with Gasteiger partial charge in [0.05, 0.1) is 6.04 Å². The maximum absolute atomic E-state index is 13.2. The molecule has 0 unspecified atom stereocenters. The van der Waals surface area contributed by atoms with Crippen LogP contribution in [0.1, 0.15) is 35.4 Å². The molecule has 110 valence electrons. The molecule has 2 N–H and O–H groups in total. The van der Waals surface area contributed by atoms with Crippen molar-refractivity contribution >= 4 is 22.5 Å². The predicted molar refractivity (Wildman–Crippen MR) is 81.1 cm³/mol. The Hall–Kier alpha value is -1.95. The number of carbonyl (C=O) groups excluding carboxylic acids is 1. The molecule has 0 radical (unpaired) electrons. The Balaban J connectivity index is 1.64. The Labute approximate surface area is 126 Å². The lowest BCUT2D eigenvalue weighted by Gasteiger charge is -2.14. The van der Waals surface area contributed by atoms with Crippen LogP contribution in [0.2, 0.25) is 0 Å². The van der Waals surface area contributed by atoms with Crippen LogP contribution in [0.4, 0.5) is 14.3 Å². The molecule has 1 aromatic heterocycles. The minimum absolute atomic E-state index is 0.0637. The fourth-order valence-electron chi connectivity index (χ4n) is 2.56. The van der Waals surface area contributed by atoms with Crippen molar-refractivity contribution in [1.82, 2.24) is 10.3 Å². The van der Waals surface area contributed by atoms with Gasteiger partial charge in [0.2, 0.25) is 0 Å². The Morgan fingerprint density at radius 1 is 1.52 bits per heavy atom. The number of hydrogen-bond donors (Lipinski definition) is 2. The summed E-state index contributed by atoms with van der Waals surface area (Å²) in [6.07, 6.45) is 4.26. The highest BCUT2D eigenvalue weighted by Gasteiger charge is 2.24. The third-order valence-corrected chi connectivity index (χ3v) is 4.67. The van der Waals surface area contributed by atoms with E-state index in [1.807, 2.05) is 6.92 Å². The molecule has 0 aliphatic heterocycles. The van der Waals surface area contributed by atoms with Gasteiger partial charge in [-0.25, -0.2) is 14.2 Å². The van der Waals surface area contributed by atoms with E-state index in [-0.39, 0.29) is 17.9 Å². The number of urea groups is 1. The number of anilines is 1. The number of nitrogens with zero attached hydrogens (tertiary/aromatic N) is 1. The monoisotopic (exact) mass is 305 g/mol. The fraction of sp³-hybridized carbons (Fsp3) is 0.333. The van der Waals surface area contributed by atoms with E-state index in [9.17, 15) is 9.18 Å². The van der Waals surface area contributed by atoms with E-state index >= 15 is 0 Å². The molecule has 0 saturated carbocycles. The number of thiazole rings is 1. The number of benzene rings is 1. The van der Waals surface area contributed by atoms with E-state index in [0.29, 0.717) is 5.13 Å². The predicted octanol–water partition coefficient (Wildman–Crippen LogP) is 3.65. The van der Waals surface area contributed by atoms with Gasteiger partial charge in [-0.1, -0.05) is 13.0 Å². The summed E-state index contributed by atoms with van der Waals surface area (Å²) in [6.45, 7) is 2.05. The van der Waals surface area contributed by atoms with Gasteiger partial charge >= 0.3 is 6.03 Å². The zero-order valence-electron chi connectivity index (χ0n) is 11.6. The number of halogens is 1. The SMILES string of the molecule is CCc1cnc(NC(=O)N[C@H]2CCc3cc(F)ccc32)s1. The van der Waals surface area contributed by atoms with Crippen LogP contribution < -0.4 is 10.6 Å². The zero-order valence-corrected chi connectivity index (χ0v) is 12.5. The van der Waals surface area contributed by atoms with Gasteiger partial charge < -0.3 is 5.32 Å². The molecule has 6 heteroatoms. The first kappa shape index (κ1) is 14.0. The molecule has 0 spiro atoms. The summed E-state index contributed by atoms with van der Waals surface area (Å²) >= 11 is 1.47. The fourth-order valence-corrected chi connectivity index (χ4v) is 3.30. The molecule has 0 saturated heterocycles. The number of amides is 2. The summed E-state index contributed by atoms with van der Waals surface area (Å²) in [4.78, 5) is 17.3. The number of nitrogens with one attached hydrogen (secondary N) is 2. The van der Waals surface area contributed by atoms with Crippen molar-refractivity contribution in [3.63, 3.8) is 0 Å². The smallest absolute Gasteiger partial charge is 0.321 e. The lowest BCUT2D eigenvalue weighted by molar-refractivity contribution is 0.248. The Morgan fingerprint density at radius 2 is 2.38 bits per heavy atom. The van der Waals surface area contributed by atoms with Crippen LogP contribution in [0.5, 0.6) is 0 Å². The number of hydrogen-bond acceptors (Lipinski definition) is 3. The third kappa shape index (κ3) is 3.05. The van der Waals surface area contributed by atoms with Crippen molar-refractivity contribution in [2.24, 2.45) is 0 Å². The van der Waals surface area contributed by atoms with Crippen molar-refractivity contribution in [1.29, 1.82) is 0 Å². The molecule has 2 aromatic rings. The standard InChI is InChI=1S/C15H16FN3OS/c1-2-11-8-17-15(21-11)19-14(20)18-13-6-3-9-7-10(16)4-5-12(9)13/h4-5,7-8,13H,2-3,6H2,1H3,(H2,17,18,19,20)/t13-/m0/s1. The van der Waals surface area contributed by atoms with Crippen molar-refractivity contribution in [3.05, 3.63) is 46.2 Å². The van der Waals surface area contributed by atoms with Gasteiger partial charge in [0, 0.05) is 11.1 Å². The summed E-state index contributed by atoms with van der Waals surface area (Å²) in [5.74, 6) is -0.228. The maximum Gasteiger partial charge on any atom is 0.321 e. The molecule has 1 heterocycles. The van der Waals surface area contributed by atoms with E-state index in [1.165, 1.54) is 17.4 Å². The molecule has 2 amide bonds. The topological polar surface area (TPSA) is 54.0 Å². The van der Waals surface area contributed by atoms with Gasteiger partial charge in [0.25, 0.3) is 0 Å². The maximum atomic E-state index is 13.2. The van der Waals surface area contributed by atoms with Crippen LogP contribution in [-0.4, -0.2) is 11.0 Å². The van der Waals surface area contributed by atoms with E-state index < -0.39 is 0 Å². The van der Waals surface area contributed by atoms with Gasteiger partial charge in [0.15, 0.2) is 5.13 Å². The van der Waals surface area contributed by atoms with E-state index in [0.717, 1.165) is 35.3 Å². The first-order valence-corrected chi connectivity index (χ1v) is 7.78. The average molecular weight is 305 g/mol. The van der Waals surface area contributed by atoms with Gasteiger partial charge in [-0.05, 0) is 42.5 Å². The summed E-state index contributed by atoms with van der Waals surface area (Å²) in [6, 6.07) is 4.40. The Bertz CT molecular complexity index is 671. The molecule has 1 aliphatic carbocycles. The normalized spacial score (nSPS) is 16.6. The van der Waals surface area contributed by atoms with Crippen molar-refractivity contribution in [2.45, 2.75) is 32.2 Å². The van der Waals surface area contributed by atoms with Gasteiger partial charge in [0.1, 0.15) is 5.82 Å². The molecule has 1 aromatic carbocycles. The molecule has 4 nitrogen and oxygen atoms in total. The van der Waals surface area contributed by atoms with Crippen molar-refractivity contribution in [2.75, 3.05) is 5.32 Å². The molecule has 0 fully saturated rings. The molecular weight excluding hydrogens is 289 g/mol. The highest BCUT2D eigenvalue weighted by atomic mass is 32.1. The first-order chi connectivity index (χ1) is 10.2. The average Bonchev–Trinajstić information content (AvgIpc) is 3.06. The summed E-state index contributed by atoms with van der Waals surface area (Å²) in [5, 5.41) is 6.27. The first-order valence-electron chi connectivity index (χ1n) is 6.96. The molecular formula is C15H16FN3OS. The van der Waals surface area contributed by atoms with Crippen LogP contribution in [0.15, 0.2) is 24.4 Å². The van der Waals surface area contributed by atoms with Gasteiger partial charge in [-0.2, -0.15) is 0 Å². The van der Waals surface area contributed by atoms with Crippen LogP contribution in [0.3, 0.4) is 0 Å². The van der Waals surface area contributed by atoms with Crippen LogP contribution >= 0.6 is 11.3 Å². The van der Waals surface area contributed by atoms with Crippen LogP contribution in [-0.2, 0) is 12.8 Å². The minimum atomic E-state index is -0.269. The van der Waals surface area contributed by atoms with Crippen LogP contribution in [0, 0.1) is 5.82 Å². The highest BCUT2D eigenvalue weighted by Crippen LogP contribution is 2.31. The number of fused-ring (bicyclic) bond motifs is 1. The molecule has 3 rings (SSSR count). The molecule has 21 heavy (non-hydrogen) atoms. The quantitative estimate of drug-likeness (QED) is 0.909. The number of aromatic nitrogens is 1. The van der Waals surface area contributed by atoms with Gasteiger partial charge in [-0.15, -0.1) is 11.3 Å². The summed E-state index contributed by atoms with van der Waals surface area (Å²) in [5.41, 5.74) is 1.97. The Morgan fingerprint density at radius 3 is 3.14 bits per heavy atom. The van der Waals surface area contributed by atoms with E-state index in [2.05, 4.69) is 15.6 Å². The second-order valence-electron chi connectivity index (χ2n) is 5.02. The molecule has 1 atom stereocenters. The summed E-state index contributed by atoms with van der Waals surface area (Å²) in [7, 11) is 0.